The lowest BCUT2D eigenvalue weighted by atomic mass is 9.67. The Kier molecular flexibility index (Phi) is 5.21. The number of benzene rings is 1. The van der Waals surface area contributed by atoms with Crippen molar-refractivity contribution in [3.8, 4) is 11.5 Å². The van der Waals surface area contributed by atoms with Crippen LogP contribution in [0.3, 0.4) is 0 Å². The number of rotatable bonds is 2. The lowest BCUT2D eigenvalue weighted by Crippen LogP contribution is -2.53. The fourth-order valence-electron chi connectivity index (χ4n) is 4.51. The van der Waals surface area contributed by atoms with E-state index in [0.717, 1.165) is 12.8 Å². The third-order valence-electron chi connectivity index (χ3n) is 5.49. The fraction of sp³-hybridized carbons (Fsp3) is 0.611. The average molecular weight is 353 g/mol. The van der Waals surface area contributed by atoms with Crippen molar-refractivity contribution in [2.75, 3.05) is 13.2 Å². The van der Waals surface area contributed by atoms with Gasteiger partial charge in [0.25, 0.3) is 5.91 Å². The molecule has 6 heteroatoms. The van der Waals surface area contributed by atoms with Gasteiger partial charge in [0, 0.05) is 12.1 Å². The minimum absolute atomic E-state index is 0. The first-order chi connectivity index (χ1) is 11.2. The highest BCUT2D eigenvalue weighted by Gasteiger charge is 2.40. The maximum absolute atomic E-state index is 12.8. The minimum atomic E-state index is -0.0512. The Labute approximate surface area is 148 Å². The van der Waals surface area contributed by atoms with Gasteiger partial charge in [0.2, 0.25) is 0 Å². The molecule has 1 aromatic carbocycles. The zero-order valence-corrected chi connectivity index (χ0v) is 14.5. The van der Waals surface area contributed by atoms with E-state index in [1.165, 1.54) is 19.3 Å². The van der Waals surface area contributed by atoms with Crippen molar-refractivity contribution in [2.45, 2.75) is 44.2 Å². The Morgan fingerprint density at radius 3 is 2.58 bits per heavy atom. The largest absolute Gasteiger partial charge is 0.486 e. The van der Waals surface area contributed by atoms with Gasteiger partial charge in [-0.25, -0.2) is 0 Å². The van der Waals surface area contributed by atoms with Crippen LogP contribution in [-0.4, -0.2) is 31.2 Å². The summed E-state index contributed by atoms with van der Waals surface area (Å²) in [5.41, 5.74) is 6.75. The molecule has 0 radical (unpaired) electrons. The van der Waals surface area contributed by atoms with Gasteiger partial charge in [-0.1, -0.05) is 12.5 Å². The van der Waals surface area contributed by atoms with Crippen molar-refractivity contribution in [3.05, 3.63) is 23.8 Å². The maximum atomic E-state index is 12.8. The maximum Gasteiger partial charge on any atom is 0.255 e. The number of fused-ring (bicyclic) bond motifs is 3. The number of nitrogens with two attached hydrogens (primary N) is 1. The van der Waals surface area contributed by atoms with E-state index in [4.69, 9.17) is 15.2 Å². The predicted octanol–water partition coefficient (Wildman–Crippen LogP) is 2.52. The Balaban J connectivity index is 0.00000169. The number of carbonyl (C=O) groups is 1. The summed E-state index contributed by atoms with van der Waals surface area (Å²) in [6.45, 7) is 1.02. The molecule has 5 nitrogen and oxygen atoms in total. The molecule has 4 rings (SSSR count). The van der Waals surface area contributed by atoms with Crippen LogP contribution in [0.4, 0.5) is 0 Å². The van der Waals surface area contributed by atoms with Crippen molar-refractivity contribution < 1.29 is 14.3 Å². The highest BCUT2D eigenvalue weighted by atomic mass is 35.5. The summed E-state index contributed by atoms with van der Waals surface area (Å²) >= 11 is 0. The van der Waals surface area contributed by atoms with Crippen LogP contribution >= 0.6 is 12.4 Å². The number of hydrogen-bond acceptors (Lipinski definition) is 4. The molecule has 3 N–H and O–H groups in total. The molecule has 0 saturated heterocycles. The number of ether oxygens (including phenoxy) is 2. The number of carbonyl (C=O) groups excluding carboxylic acids is 1. The molecule has 1 aromatic rings. The lowest BCUT2D eigenvalue weighted by Gasteiger charge is -2.45. The molecule has 1 aliphatic heterocycles. The van der Waals surface area contributed by atoms with E-state index in [1.807, 2.05) is 18.2 Å². The van der Waals surface area contributed by atoms with Crippen LogP contribution in [0.5, 0.6) is 11.5 Å². The number of nitrogens with one attached hydrogen (secondary N) is 1. The van der Waals surface area contributed by atoms with Crippen molar-refractivity contribution in [1.29, 1.82) is 0 Å². The van der Waals surface area contributed by atoms with E-state index in [2.05, 4.69) is 5.32 Å². The topological polar surface area (TPSA) is 73.6 Å². The summed E-state index contributed by atoms with van der Waals surface area (Å²) in [6.07, 6.45) is 5.64. The molecule has 132 valence electrons. The molecule has 24 heavy (non-hydrogen) atoms. The smallest absolute Gasteiger partial charge is 0.255 e. The van der Waals surface area contributed by atoms with Gasteiger partial charge in [0.1, 0.15) is 13.2 Å². The van der Waals surface area contributed by atoms with Gasteiger partial charge < -0.3 is 20.5 Å². The van der Waals surface area contributed by atoms with Gasteiger partial charge in [-0.15, -0.1) is 12.4 Å². The molecule has 0 spiro atoms. The van der Waals surface area contributed by atoms with Crippen LogP contribution in [0.15, 0.2) is 18.2 Å². The number of amides is 1. The van der Waals surface area contributed by atoms with E-state index in [9.17, 15) is 4.79 Å². The Morgan fingerprint density at radius 2 is 1.83 bits per heavy atom. The molecule has 0 aromatic heterocycles. The molecule has 2 saturated carbocycles. The van der Waals surface area contributed by atoms with E-state index >= 15 is 0 Å². The number of para-hydroxylation sites is 1. The number of hydrogen-bond donors (Lipinski definition) is 2. The lowest BCUT2D eigenvalue weighted by molar-refractivity contribution is 0.0748. The molecule has 2 unspecified atom stereocenters. The number of halogens is 1. The van der Waals surface area contributed by atoms with Gasteiger partial charge >= 0.3 is 0 Å². The zero-order valence-electron chi connectivity index (χ0n) is 13.7. The van der Waals surface area contributed by atoms with E-state index < -0.39 is 0 Å². The Hall–Kier alpha value is -1.46. The highest BCUT2D eigenvalue weighted by Crippen LogP contribution is 2.40. The van der Waals surface area contributed by atoms with Gasteiger partial charge in [-0.3, -0.25) is 4.79 Å². The molecule has 2 fully saturated rings. The van der Waals surface area contributed by atoms with Gasteiger partial charge in [-0.05, 0) is 49.7 Å². The molecule has 2 aliphatic carbocycles. The minimum Gasteiger partial charge on any atom is -0.486 e. The first-order valence-electron chi connectivity index (χ1n) is 8.67. The molecular formula is C18H25ClN2O3. The van der Waals surface area contributed by atoms with Crippen molar-refractivity contribution in [3.63, 3.8) is 0 Å². The quantitative estimate of drug-likeness (QED) is 0.857. The van der Waals surface area contributed by atoms with Crippen LogP contribution < -0.4 is 20.5 Å². The van der Waals surface area contributed by atoms with Crippen LogP contribution in [0.25, 0.3) is 0 Å². The summed E-state index contributed by atoms with van der Waals surface area (Å²) in [5, 5.41) is 3.28. The first-order valence-corrected chi connectivity index (χ1v) is 8.67. The molecular weight excluding hydrogens is 328 g/mol. The third-order valence-corrected chi connectivity index (χ3v) is 5.49. The summed E-state index contributed by atoms with van der Waals surface area (Å²) in [5.74, 6) is 2.21. The second-order valence-electron chi connectivity index (χ2n) is 7.01. The fourth-order valence-corrected chi connectivity index (χ4v) is 4.51. The van der Waals surface area contributed by atoms with Gasteiger partial charge in [0.15, 0.2) is 11.5 Å². The Morgan fingerprint density at radius 1 is 1.12 bits per heavy atom. The van der Waals surface area contributed by atoms with Gasteiger partial charge in [0.05, 0.1) is 5.56 Å². The summed E-state index contributed by atoms with van der Waals surface area (Å²) in [7, 11) is 0. The van der Waals surface area contributed by atoms with Crippen molar-refractivity contribution in [2.24, 2.45) is 17.6 Å². The summed E-state index contributed by atoms with van der Waals surface area (Å²) in [6, 6.07) is 6.04. The molecule has 2 atom stereocenters. The van der Waals surface area contributed by atoms with Crippen LogP contribution in [0.1, 0.15) is 42.5 Å². The van der Waals surface area contributed by atoms with E-state index in [1.54, 1.807) is 0 Å². The zero-order chi connectivity index (χ0) is 15.8. The Bertz CT molecular complexity index is 596. The molecule has 1 heterocycles. The normalized spacial score (nSPS) is 30.9. The van der Waals surface area contributed by atoms with Crippen molar-refractivity contribution >= 4 is 18.3 Å². The summed E-state index contributed by atoms with van der Waals surface area (Å²) in [4.78, 5) is 12.8. The first kappa shape index (κ1) is 17.4. The molecule has 2 bridgehead atoms. The molecule has 1 amide bonds. The SMILES string of the molecule is Cl.NC1CC2CCCC(C1)C2NC(=O)c1cccc2c1OCCO2. The van der Waals surface area contributed by atoms with Crippen LogP contribution in [0.2, 0.25) is 0 Å². The highest BCUT2D eigenvalue weighted by molar-refractivity contribution is 5.98. The second-order valence-corrected chi connectivity index (χ2v) is 7.01. The van der Waals surface area contributed by atoms with Crippen LogP contribution in [0, 0.1) is 11.8 Å². The van der Waals surface area contributed by atoms with E-state index in [0.29, 0.717) is 48.2 Å². The summed E-state index contributed by atoms with van der Waals surface area (Å²) < 4.78 is 11.2. The predicted molar refractivity (Wildman–Crippen MR) is 94.0 cm³/mol. The van der Waals surface area contributed by atoms with Gasteiger partial charge in [-0.2, -0.15) is 0 Å². The third kappa shape index (κ3) is 3.20. The molecule has 3 aliphatic rings. The standard InChI is InChI=1S/C18H24N2O3.ClH/c19-13-9-11-3-1-4-12(10-13)16(11)20-18(21)14-5-2-6-15-17(14)23-8-7-22-15;/h2,5-6,11-13,16H,1,3-4,7-10,19H2,(H,20,21);1H. The monoisotopic (exact) mass is 352 g/mol. The average Bonchev–Trinajstić information content (AvgIpc) is 2.55. The van der Waals surface area contributed by atoms with Crippen LogP contribution in [-0.2, 0) is 0 Å². The van der Waals surface area contributed by atoms with E-state index in [-0.39, 0.29) is 24.4 Å². The van der Waals surface area contributed by atoms with Crippen molar-refractivity contribution in [1.82, 2.24) is 5.32 Å². The second kappa shape index (κ2) is 7.19.